The lowest BCUT2D eigenvalue weighted by Crippen LogP contribution is -2.58. The van der Waals surface area contributed by atoms with Gasteiger partial charge in [-0.25, -0.2) is 33.0 Å². The number of urea groups is 1. The van der Waals surface area contributed by atoms with Crippen LogP contribution in [0, 0.1) is 32.4 Å². The summed E-state index contributed by atoms with van der Waals surface area (Å²) < 4.78 is 35.5. The summed E-state index contributed by atoms with van der Waals surface area (Å²) in [4.78, 5) is 30.1. The highest BCUT2D eigenvalue weighted by Gasteiger charge is 2.39. The maximum absolute atomic E-state index is 14.5. The van der Waals surface area contributed by atoms with Gasteiger partial charge in [0.05, 0.1) is 36.7 Å². The smallest absolute Gasteiger partial charge is 0.341 e. The van der Waals surface area contributed by atoms with Gasteiger partial charge in [0.1, 0.15) is 17.5 Å². The molecule has 5 rings (SSSR count). The highest BCUT2D eigenvalue weighted by Crippen LogP contribution is 2.32. The van der Waals surface area contributed by atoms with E-state index in [-0.39, 0.29) is 42.1 Å². The molecule has 2 aliphatic heterocycles. The van der Waals surface area contributed by atoms with Gasteiger partial charge >= 0.3 is 12.0 Å². The number of nitrogens with zero attached hydrogens (tertiary/aromatic N) is 6. The van der Waals surface area contributed by atoms with Crippen LogP contribution >= 0.6 is 0 Å². The molecular formula is C25H24F2N6O4. The first-order valence-electron chi connectivity index (χ1n) is 11.6. The molecule has 0 bridgehead atoms. The number of pyridine rings is 1. The number of rotatable bonds is 5. The summed E-state index contributed by atoms with van der Waals surface area (Å²) in [6.45, 7) is 5.36. The van der Waals surface area contributed by atoms with Crippen LogP contribution in [0.1, 0.15) is 45.3 Å². The molecule has 1 atom stereocenters. The van der Waals surface area contributed by atoms with Crippen LogP contribution < -0.4 is 4.74 Å². The summed E-state index contributed by atoms with van der Waals surface area (Å²) in [5, 5.41) is 19.1. The third-order valence-corrected chi connectivity index (χ3v) is 6.42. The number of carboxylic acid groups (broad SMARTS) is 1. The molecule has 1 aromatic carbocycles. The fraction of sp³-hybridized carbons (Fsp3) is 0.320. The quantitative estimate of drug-likeness (QED) is 0.559. The molecule has 1 fully saturated rings. The van der Waals surface area contributed by atoms with Crippen LogP contribution in [-0.4, -0.2) is 67.2 Å². The molecule has 2 amide bonds. The average molecular weight is 511 g/mol. The van der Waals surface area contributed by atoms with E-state index in [1.165, 1.54) is 32.8 Å². The molecule has 1 N–H and O–H groups in total. The predicted octanol–water partition coefficient (Wildman–Crippen LogP) is 3.78. The largest absolute Gasteiger partial charge is 0.483 e. The number of aromatic nitrogens is 3. The summed E-state index contributed by atoms with van der Waals surface area (Å²) in [6.07, 6.45) is 2.61. The minimum absolute atomic E-state index is 0.0537. The van der Waals surface area contributed by atoms with Crippen molar-refractivity contribution in [1.29, 1.82) is 0 Å². The zero-order valence-electron chi connectivity index (χ0n) is 20.4. The number of carbonyl (C=O) groups is 2. The third kappa shape index (κ3) is 4.50. The van der Waals surface area contributed by atoms with E-state index < -0.39 is 23.9 Å². The number of benzene rings is 1. The molecule has 37 heavy (non-hydrogen) atoms. The maximum Gasteiger partial charge on any atom is 0.341 e. The first-order valence-corrected chi connectivity index (χ1v) is 11.6. The van der Waals surface area contributed by atoms with Crippen molar-refractivity contribution in [2.75, 3.05) is 13.1 Å². The van der Waals surface area contributed by atoms with E-state index in [4.69, 9.17) is 4.74 Å². The monoisotopic (exact) mass is 510 g/mol. The second-order valence-electron chi connectivity index (χ2n) is 9.12. The Morgan fingerprint density at radius 2 is 1.86 bits per heavy atom. The van der Waals surface area contributed by atoms with Crippen molar-refractivity contribution in [3.8, 4) is 11.6 Å². The van der Waals surface area contributed by atoms with Crippen LogP contribution in [0.4, 0.5) is 13.6 Å². The Kier molecular flexibility index (Phi) is 6.10. The highest BCUT2D eigenvalue weighted by molar-refractivity contribution is 5.90. The van der Waals surface area contributed by atoms with E-state index in [1.54, 1.807) is 27.0 Å². The van der Waals surface area contributed by atoms with Gasteiger partial charge in [-0.05, 0) is 44.0 Å². The fourth-order valence-corrected chi connectivity index (χ4v) is 4.62. The van der Waals surface area contributed by atoms with Gasteiger partial charge in [0.2, 0.25) is 0 Å². The Balaban J connectivity index is 1.26. The number of hydrogen-bond acceptors (Lipinski definition) is 6. The second-order valence-corrected chi connectivity index (χ2v) is 9.12. The van der Waals surface area contributed by atoms with E-state index >= 15 is 0 Å². The lowest BCUT2D eigenvalue weighted by atomic mass is 10.0. The lowest BCUT2D eigenvalue weighted by molar-refractivity contribution is 0.0256. The Morgan fingerprint density at radius 1 is 1.11 bits per heavy atom. The number of aryl methyl sites for hydroxylation is 2. The first-order chi connectivity index (χ1) is 17.6. The van der Waals surface area contributed by atoms with Crippen molar-refractivity contribution in [3.63, 3.8) is 0 Å². The van der Waals surface area contributed by atoms with E-state index in [9.17, 15) is 23.5 Å². The zero-order valence-corrected chi connectivity index (χ0v) is 20.4. The number of hydrazone groups is 1. The molecule has 0 saturated carbocycles. The molecule has 1 unspecified atom stereocenters. The van der Waals surface area contributed by atoms with Crippen molar-refractivity contribution in [2.45, 2.75) is 39.3 Å². The molecule has 0 radical (unpaired) electrons. The number of carbonyl (C=O) groups excluding carboxylic acids is 1. The Bertz CT molecular complexity index is 1410. The van der Waals surface area contributed by atoms with Crippen molar-refractivity contribution in [1.82, 2.24) is 24.7 Å². The summed E-state index contributed by atoms with van der Waals surface area (Å²) >= 11 is 0. The molecule has 4 heterocycles. The van der Waals surface area contributed by atoms with Gasteiger partial charge in [-0.1, -0.05) is 6.07 Å². The van der Waals surface area contributed by atoms with Crippen LogP contribution in [-0.2, 0) is 0 Å². The van der Waals surface area contributed by atoms with Crippen molar-refractivity contribution < 1.29 is 28.2 Å². The molecule has 10 nitrogen and oxygen atoms in total. The van der Waals surface area contributed by atoms with Gasteiger partial charge in [0, 0.05) is 18.7 Å². The minimum atomic E-state index is -1.11. The van der Waals surface area contributed by atoms with Gasteiger partial charge in [-0.2, -0.15) is 10.2 Å². The SMILES string of the molecule is Cc1cc(F)cc(C2CC=NN2C(=O)N2CC(Oc3cc(-n4nc(C)c(C(=O)O)c4C)ncc3F)C2)c1. The standard InChI is InChI=1S/C25H24F2N6O4/c1-13-6-16(8-17(26)7-13)20-4-5-29-33(20)25(36)31-11-18(12-31)37-21-9-22(28-10-19(21)27)32-15(3)23(24(34)35)14(2)30-32/h5-10,18,20H,4,11-12H2,1-3H3,(H,34,35). The second kappa shape index (κ2) is 9.26. The Labute approximate surface area is 210 Å². The third-order valence-electron chi connectivity index (χ3n) is 6.42. The molecule has 0 spiro atoms. The topological polar surface area (TPSA) is 113 Å². The fourth-order valence-electron chi connectivity index (χ4n) is 4.62. The number of hydrogen-bond donors (Lipinski definition) is 1. The van der Waals surface area contributed by atoms with Crippen molar-refractivity contribution in [3.05, 3.63) is 70.2 Å². The Hall–Kier alpha value is -4.35. The molecule has 2 aliphatic rings. The molecule has 12 heteroatoms. The number of carboxylic acids is 1. The molecule has 2 aromatic heterocycles. The van der Waals surface area contributed by atoms with Crippen LogP contribution in [0.2, 0.25) is 0 Å². The van der Waals surface area contributed by atoms with Gasteiger partial charge in [-0.3, -0.25) is 0 Å². The Morgan fingerprint density at radius 3 is 2.54 bits per heavy atom. The van der Waals surface area contributed by atoms with E-state index in [1.807, 2.05) is 6.07 Å². The molecule has 3 aromatic rings. The lowest BCUT2D eigenvalue weighted by Gasteiger charge is -2.41. The number of amides is 2. The highest BCUT2D eigenvalue weighted by atomic mass is 19.1. The first kappa shape index (κ1) is 24.3. The molecule has 0 aliphatic carbocycles. The van der Waals surface area contributed by atoms with E-state index in [2.05, 4.69) is 15.2 Å². The van der Waals surface area contributed by atoms with Crippen LogP contribution in [0.3, 0.4) is 0 Å². The van der Waals surface area contributed by atoms with Gasteiger partial charge in [0.25, 0.3) is 0 Å². The van der Waals surface area contributed by atoms with Crippen molar-refractivity contribution >= 4 is 18.2 Å². The summed E-state index contributed by atoms with van der Waals surface area (Å²) in [5.74, 6) is -2.06. The van der Waals surface area contributed by atoms with Crippen LogP contribution in [0.15, 0.2) is 35.6 Å². The minimum Gasteiger partial charge on any atom is -0.483 e. The molecular weight excluding hydrogens is 486 g/mol. The number of aromatic carboxylic acids is 1. The maximum atomic E-state index is 14.5. The number of ether oxygens (including phenoxy) is 1. The zero-order chi connectivity index (χ0) is 26.4. The van der Waals surface area contributed by atoms with Gasteiger partial charge < -0.3 is 14.7 Å². The average Bonchev–Trinajstić information content (AvgIpc) is 3.40. The van der Waals surface area contributed by atoms with Crippen LogP contribution in [0.25, 0.3) is 5.82 Å². The number of likely N-dealkylation sites (tertiary alicyclic amines) is 1. The molecule has 192 valence electrons. The predicted molar refractivity (Wildman–Crippen MR) is 128 cm³/mol. The van der Waals surface area contributed by atoms with Crippen LogP contribution in [0.5, 0.6) is 5.75 Å². The van der Waals surface area contributed by atoms with E-state index in [0.29, 0.717) is 23.4 Å². The van der Waals surface area contributed by atoms with Crippen molar-refractivity contribution in [2.24, 2.45) is 5.10 Å². The summed E-state index contributed by atoms with van der Waals surface area (Å²) in [5.41, 5.74) is 2.13. The number of halogens is 2. The summed E-state index contributed by atoms with van der Waals surface area (Å²) in [6, 6.07) is 5.25. The normalized spacial score (nSPS) is 17.3. The van der Waals surface area contributed by atoms with Gasteiger partial charge in [0.15, 0.2) is 17.4 Å². The summed E-state index contributed by atoms with van der Waals surface area (Å²) in [7, 11) is 0. The molecule has 1 saturated heterocycles. The van der Waals surface area contributed by atoms with E-state index in [0.717, 1.165) is 11.8 Å². The van der Waals surface area contributed by atoms with Gasteiger partial charge in [-0.15, -0.1) is 0 Å².